The van der Waals surface area contributed by atoms with Crippen LogP contribution >= 0.6 is 11.6 Å². The molecule has 144 valence electrons. The number of rotatable bonds is 8. The quantitative estimate of drug-likeness (QED) is 0.650. The maximum absolute atomic E-state index is 12.5. The summed E-state index contributed by atoms with van der Waals surface area (Å²) in [6, 6.07) is 12.1. The third-order valence-electron chi connectivity index (χ3n) is 4.06. The number of unbranched alkanes of at least 4 members (excludes halogenated alkanes) is 1. The highest BCUT2D eigenvalue weighted by atomic mass is 35.5. The molecule has 2 rings (SSSR count). The first-order chi connectivity index (χ1) is 12.9. The SMILES string of the molecule is CCCCNC(=O)c1ccccc1NC(=O)C(C)Oc1ccc(Cl)c(C)c1. The third kappa shape index (κ3) is 6.00. The number of anilines is 1. The summed E-state index contributed by atoms with van der Waals surface area (Å²) < 4.78 is 5.69. The van der Waals surface area contributed by atoms with Crippen LogP contribution in [0.15, 0.2) is 42.5 Å². The Balaban J connectivity index is 2.04. The lowest BCUT2D eigenvalue weighted by Crippen LogP contribution is -2.32. The monoisotopic (exact) mass is 388 g/mol. The molecule has 2 amide bonds. The smallest absolute Gasteiger partial charge is 0.265 e. The normalized spacial score (nSPS) is 11.6. The molecule has 1 atom stereocenters. The highest BCUT2D eigenvalue weighted by Crippen LogP contribution is 2.22. The van der Waals surface area contributed by atoms with Crippen LogP contribution in [0.3, 0.4) is 0 Å². The van der Waals surface area contributed by atoms with Gasteiger partial charge in [-0.3, -0.25) is 9.59 Å². The number of ether oxygens (including phenoxy) is 1. The second-order valence-electron chi connectivity index (χ2n) is 6.32. The van der Waals surface area contributed by atoms with Gasteiger partial charge in [-0.2, -0.15) is 0 Å². The van der Waals surface area contributed by atoms with Crippen molar-refractivity contribution in [1.82, 2.24) is 5.32 Å². The zero-order valence-electron chi connectivity index (χ0n) is 15.8. The molecule has 0 aliphatic carbocycles. The van der Waals surface area contributed by atoms with E-state index in [2.05, 4.69) is 17.6 Å². The molecular weight excluding hydrogens is 364 g/mol. The average molecular weight is 389 g/mol. The first-order valence-corrected chi connectivity index (χ1v) is 9.41. The number of nitrogens with one attached hydrogen (secondary N) is 2. The fourth-order valence-electron chi connectivity index (χ4n) is 2.45. The number of amides is 2. The van der Waals surface area contributed by atoms with Gasteiger partial charge in [0.25, 0.3) is 11.8 Å². The standard InChI is InChI=1S/C21H25ClN2O3/c1-4-5-12-23-21(26)17-8-6-7-9-19(17)24-20(25)15(3)27-16-10-11-18(22)14(2)13-16/h6-11,13,15H,4-5,12H2,1-3H3,(H,23,26)(H,24,25). The zero-order chi connectivity index (χ0) is 19.8. The summed E-state index contributed by atoms with van der Waals surface area (Å²) in [7, 11) is 0. The van der Waals surface area contributed by atoms with Crippen molar-refractivity contribution < 1.29 is 14.3 Å². The number of benzene rings is 2. The van der Waals surface area contributed by atoms with Crippen LogP contribution in [-0.4, -0.2) is 24.5 Å². The zero-order valence-corrected chi connectivity index (χ0v) is 16.6. The van der Waals surface area contributed by atoms with Crippen LogP contribution in [0.25, 0.3) is 0 Å². The van der Waals surface area contributed by atoms with Gasteiger partial charge in [-0.05, 0) is 56.2 Å². The van der Waals surface area contributed by atoms with Gasteiger partial charge in [0.15, 0.2) is 6.10 Å². The number of carbonyl (C=O) groups is 2. The number of hydrogen-bond acceptors (Lipinski definition) is 3. The van der Waals surface area contributed by atoms with Crippen LogP contribution in [0.2, 0.25) is 5.02 Å². The van der Waals surface area contributed by atoms with Gasteiger partial charge in [0.05, 0.1) is 11.3 Å². The van der Waals surface area contributed by atoms with Crippen molar-refractivity contribution in [1.29, 1.82) is 0 Å². The Morgan fingerprint density at radius 2 is 1.93 bits per heavy atom. The van der Waals surface area contributed by atoms with E-state index in [-0.39, 0.29) is 11.8 Å². The van der Waals surface area contributed by atoms with E-state index in [4.69, 9.17) is 16.3 Å². The van der Waals surface area contributed by atoms with Crippen LogP contribution in [0.5, 0.6) is 5.75 Å². The van der Waals surface area contributed by atoms with Crippen molar-refractivity contribution in [2.75, 3.05) is 11.9 Å². The topological polar surface area (TPSA) is 67.4 Å². The van der Waals surface area contributed by atoms with Crippen molar-refractivity contribution in [2.24, 2.45) is 0 Å². The van der Waals surface area contributed by atoms with Gasteiger partial charge >= 0.3 is 0 Å². The van der Waals surface area contributed by atoms with Crippen LogP contribution in [-0.2, 0) is 4.79 Å². The van der Waals surface area contributed by atoms with Crippen molar-refractivity contribution in [3.63, 3.8) is 0 Å². The molecule has 0 bridgehead atoms. The second-order valence-corrected chi connectivity index (χ2v) is 6.72. The fourth-order valence-corrected chi connectivity index (χ4v) is 2.56. The van der Waals surface area contributed by atoms with Crippen LogP contribution in [0.1, 0.15) is 42.6 Å². The summed E-state index contributed by atoms with van der Waals surface area (Å²) in [4.78, 5) is 24.9. The summed E-state index contributed by atoms with van der Waals surface area (Å²) >= 11 is 6.01. The van der Waals surface area contributed by atoms with Crippen molar-refractivity contribution in [2.45, 2.75) is 39.7 Å². The third-order valence-corrected chi connectivity index (χ3v) is 4.48. The molecule has 5 nitrogen and oxygen atoms in total. The molecule has 2 N–H and O–H groups in total. The highest BCUT2D eigenvalue weighted by molar-refractivity contribution is 6.31. The van der Waals surface area contributed by atoms with E-state index in [1.54, 1.807) is 49.4 Å². The second kappa shape index (κ2) is 9.97. The lowest BCUT2D eigenvalue weighted by atomic mass is 10.1. The molecule has 1 unspecified atom stereocenters. The van der Waals surface area contributed by atoms with Crippen molar-refractivity contribution >= 4 is 29.1 Å². The van der Waals surface area contributed by atoms with Crippen molar-refractivity contribution in [3.05, 3.63) is 58.6 Å². The van der Waals surface area contributed by atoms with E-state index in [1.165, 1.54) is 0 Å². The van der Waals surface area contributed by atoms with Gasteiger partial charge in [0, 0.05) is 11.6 Å². The van der Waals surface area contributed by atoms with E-state index in [0.29, 0.717) is 28.6 Å². The van der Waals surface area contributed by atoms with E-state index in [1.807, 2.05) is 6.92 Å². The lowest BCUT2D eigenvalue weighted by molar-refractivity contribution is -0.122. The largest absolute Gasteiger partial charge is 0.481 e. The molecule has 0 saturated carbocycles. The molecule has 2 aromatic rings. The van der Waals surface area contributed by atoms with E-state index in [9.17, 15) is 9.59 Å². The number of para-hydroxylation sites is 1. The Labute approximate surface area is 165 Å². The summed E-state index contributed by atoms with van der Waals surface area (Å²) in [5, 5.41) is 6.28. The van der Waals surface area contributed by atoms with E-state index in [0.717, 1.165) is 18.4 Å². The molecule has 0 aromatic heterocycles. The minimum absolute atomic E-state index is 0.207. The maximum atomic E-state index is 12.5. The Hall–Kier alpha value is -2.53. The Kier molecular flexibility index (Phi) is 7.67. The van der Waals surface area contributed by atoms with E-state index < -0.39 is 6.10 Å². The molecule has 0 aliphatic rings. The molecule has 0 fully saturated rings. The van der Waals surface area contributed by atoms with E-state index >= 15 is 0 Å². The fraction of sp³-hybridized carbons (Fsp3) is 0.333. The Morgan fingerprint density at radius 1 is 1.19 bits per heavy atom. The lowest BCUT2D eigenvalue weighted by Gasteiger charge is -2.17. The summed E-state index contributed by atoms with van der Waals surface area (Å²) in [5.41, 5.74) is 1.76. The predicted octanol–water partition coefficient (Wildman–Crippen LogP) is 4.58. The number of halogens is 1. The van der Waals surface area contributed by atoms with Crippen molar-refractivity contribution in [3.8, 4) is 5.75 Å². The van der Waals surface area contributed by atoms with Gasteiger partial charge in [0.1, 0.15) is 5.75 Å². The molecule has 0 heterocycles. The van der Waals surface area contributed by atoms with Crippen LogP contribution in [0, 0.1) is 6.92 Å². The highest BCUT2D eigenvalue weighted by Gasteiger charge is 2.18. The van der Waals surface area contributed by atoms with Gasteiger partial charge in [-0.1, -0.05) is 37.1 Å². The Morgan fingerprint density at radius 3 is 2.63 bits per heavy atom. The first kappa shape index (κ1) is 20.8. The van der Waals surface area contributed by atoms with Gasteiger partial charge in [-0.25, -0.2) is 0 Å². The average Bonchev–Trinajstić information content (AvgIpc) is 2.65. The summed E-state index contributed by atoms with van der Waals surface area (Å²) in [6.45, 7) is 6.19. The molecule has 2 aromatic carbocycles. The minimum Gasteiger partial charge on any atom is -0.481 e. The number of aryl methyl sites for hydroxylation is 1. The first-order valence-electron chi connectivity index (χ1n) is 9.03. The molecule has 6 heteroatoms. The minimum atomic E-state index is -0.734. The van der Waals surface area contributed by atoms with Gasteiger partial charge < -0.3 is 15.4 Å². The summed E-state index contributed by atoms with van der Waals surface area (Å²) in [5.74, 6) is 0.0165. The molecule has 0 spiro atoms. The molecule has 0 saturated heterocycles. The molecule has 0 radical (unpaired) electrons. The van der Waals surface area contributed by atoms with Crippen LogP contribution < -0.4 is 15.4 Å². The Bertz CT molecular complexity index is 808. The molecular formula is C21H25ClN2O3. The number of carbonyl (C=O) groups excluding carboxylic acids is 2. The molecule has 0 aliphatic heterocycles. The number of hydrogen-bond donors (Lipinski definition) is 2. The molecule has 27 heavy (non-hydrogen) atoms. The predicted molar refractivity (Wildman–Crippen MR) is 109 cm³/mol. The van der Waals surface area contributed by atoms with Gasteiger partial charge in [-0.15, -0.1) is 0 Å². The maximum Gasteiger partial charge on any atom is 0.265 e. The van der Waals surface area contributed by atoms with Gasteiger partial charge in [0.2, 0.25) is 0 Å². The summed E-state index contributed by atoms with van der Waals surface area (Å²) in [6.07, 6.45) is 1.17. The van der Waals surface area contributed by atoms with Crippen LogP contribution in [0.4, 0.5) is 5.69 Å².